The predicted molar refractivity (Wildman–Crippen MR) is 63.8 cm³/mol. The molecule has 0 saturated carbocycles. The van der Waals surface area contributed by atoms with Crippen LogP contribution in [0.5, 0.6) is 0 Å². The molecule has 1 fully saturated rings. The number of aromatic nitrogens is 1. The summed E-state index contributed by atoms with van der Waals surface area (Å²) >= 11 is 0. The van der Waals surface area contributed by atoms with Gasteiger partial charge in [0.2, 0.25) is 5.76 Å². The molecule has 5 nitrogen and oxygen atoms in total. The lowest BCUT2D eigenvalue weighted by molar-refractivity contribution is 0.0722. The summed E-state index contributed by atoms with van der Waals surface area (Å²) in [7, 11) is 1.82. The molecule has 0 aliphatic carbocycles. The van der Waals surface area contributed by atoms with Crippen LogP contribution in [0, 0.1) is 12.8 Å². The molecule has 1 atom stereocenters. The Bertz CT molecular complexity index is 383. The minimum Gasteiger partial charge on any atom is -0.351 e. The number of nitrogens with one attached hydrogen (secondary N) is 1. The fraction of sp³-hybridized carbons (Fsp3) is 0.667. The zero-order chi connectivity index (χ0) is 12.3. The van der Waals surface area contributed by atoms with E-state index >= 15 is 0 Å². The number of hydrogen-bond donors (Lipinski definition) is 1. The van der Waals surface area contributed by atoms with Crippen molar-refractivity contribution in [2.75, 3.05) is 26.7 Å². The Morgan fingerprint density at radius 2 is 2.53 bits per heavy atom. The fourth-order valence-electron chi connectivity index (χ4n) is 2.22. The number of amides is 1. The van der Waals surface area contributed by atoms with Gasteiger partial charge in [-0.25, -0.2) is 0 Å². The molecule has 2 heterocycles. The van der Waals surface area contributed by atoms with Crippen molar-refractivity contribution in [1.82, 2.24) is 15.4 Å². The summed E-state index contributed by atoms with van der Waals surface area (Å²) in [5.41, 5.74) is 0.795. The maximum atomic E-state index is 12.1. The van der Waals surface area contributed by atoms with Crippen LogP contribution in [0.2, 0.25) is 0 Å². The Labute approximate surface area is 101 Å². The first-order valence-corrected chi connectivity index (χ1v) is 6.06. The van der Waals surface area contributed by atoms with Crippen LogP contribution in [0.4, 0.5) is 0 Å². The highest BCUT2D eigenvalue weighted by molar-refractivity contribution is 5.92. The minimum absolute atomic E-state index is 0.0782. The van der Waals surface area contributed by atoms with E-state index in [2.05, 4.69) is 10.5 Å². The van der Waals surface area contributed by atoms with Crippen LogP contribution in [-0.4, -0.2) is 42.6 Å². The highest BCUT2D eigenvalue weighted by Crippen LogP contribution is 2.14. The lowest BCUT2D eigenvalue weighted by Crippen LogP contribution is -2.39. The molecule has 2 rings (SSSR count). The van der Waals surface area contributed by atoms with E-state index in [-0.39, 0.29) is 5.91 Å². The molecule has 0 spiro atoms. The first-order chi connectivity index (χ1) is 8.18. The molecule has 0 aromatic carbocycles. The molecule has 1 saturated heterocycles. The van der Waals surface area contributed by atoms with Crippen LogP contribution >= 0.6 is 0 Å². The van der Waals surface area contributed by atoms with Crippen molar-refractivity contribution < 1.29 is 9.32 Å². The third kappa shape index (κ3) is 2.85. The summed E-state index contributed by atoms with van der Waals surface area (Å²) in [5, 5.41) is 6.99. The Balaban J connectivity index is 1.93. The maximum absolute atomic E-state index is 12.1. The normalized spacial score (nSPS) is 20.2. The van der Waals surface area contributed by atoms with Gasteiger partial charge in [-0.3, -0.25) is 4.79 Å². The molecular formula is C12H19N3O2. The van der Waals surface area contributed by atoms with Crippen molar-refractivity contribution in [2.45, 2.75) is 19.8 Å². The summed E-state index contributed by atoms with van der Waals surface area (Å²) in [6.07, 6.45) is 3.94. The Kier molecular flexibility index (Phi) is 3.78. The van der Waals surface area contributed by atoms with E-state index in [9.17, 15) is 4.79 Å². The largest absolute Gasteiger partial charge is 0.351 e. The van der Waals surface area contributed by atoms with Crippen LogP contribution in [0.3, 0.4) is 0 Å². The highest BCUT2D eigenvalue weighted by atomic mass is 16.5. The smallest absolute Gasteiger partial charge is 0.292 e. The molecule has 1 N–H and O–H groups in total. The van der Waals surface area contributed by atoms with Gasteiger partial charge in [-0.15, -0.1) is 0 Å². The van der Waals surface area contributed by atoms with Gasteiger partial charge < -0.3 is 14.7 Å². The van der Waals surface area contributed by atoms with Gasteiger partial charge in [0.1, 0.15) is 0 Å². The Morgan fingerprint density at radius 3 is 3.12 bits per heavy atom. The maximum Gasteiger partial charge on any atom is 0.292 e. The molecule has 0 radical (unpaired) electrons. The second-order valence-corrected chi connectivity index (χ2v) is 4.74. The molecular weight excluding hydrogens is 218 g/mol. The third-order valence-electron chi connectivity index (χ3n) is 3.22. The zero-order valence-corrected chi connectivity index (χ0v) is 10.4. The molecule has 5 heteroatoms. The number of nitrogens with zero attached hydrogens (tertiary/aromatic N) is 2. The van der Waals surface area contributed by atoms with Crippen molar-refractivity contribution >= 4 is 5.91 Å². The van der Waals surface area contributed by atoms with Gasteiger partial charge in [0.15, 0.2) is 0 Å². The lowest BCUT2D eigenvalue weighted by atomic mass is 9.99. The number of piperidine rings is 1. The number of hydrogen-bond acceptors (Lipinski definition) is 4. The quantitative estimate of drug-likeness (QED) is 0.854. The van der Waals surface area contributed by atoms with Crippen molar-refractivity contribution in [3.63, 3.8) is 0 Å². The SMILES string of the molecule is Cc1cnoc1C(=O)N(C)CC1CCCNC1. The van der Waals surface area contributed by atoms with E-state index in [1.807, 2.05) is 14.0 Å². The molecule has 1 aliphatic heterocycles. The van der Waals surface area contributed by atoms with Gasteiger partial charge >= 0.3 is 0 Å². The molecule has 17 heavy (non-hydrogen) atoms. The highest BCUT2D eigenvalue weighted by Gasteiger charge is 2.22. The second kappa shape index (κ2) is 5.31. The number of carbonyl (C=O) groups excluding carboxylic acids is 1. The van der Waals surface area contributed by atoms with Gasteiger partial charge in [-0.2, -0.15) is 0 Å². The standard InChI is InChI=1S/C12H19N3O2/c1-9-6-14-17-11(9)12(16)15(2)8-10-4-3-5-13-7-10/h6,10,13H,3-5,7-8H2,1-2H3. The van der Waals surface area contributed by atoms with Crippen molar-refractivity contribution in [3.8, 4) is 0 Å². The topological polar surface area (TPSA) is 58.4 Å². The molecule has 1 aliphatic rings. The van der Waals surface area contributed by atoms with E-state index in [0.29, 0.717) is 11.7 Å². The molecule has 1 aromatic heterocycles. The van der Waals surface area contributed by atoms with Crippen LogP contribution in [0.15, 0.2) is 10.7 Å². The van der Waals surface area contributed by atoms with Crippen LogP contribution in [0.25, 0.3) is 0 Å². The summed E-state index contributed by atoms with van der Waals surface area (Å²) in [6, 6.07) is 0. The number of rotatable bonds is 3. The first kappa shape index (κ1) is 12.1. The van der Waals surface area contributed by atoms with Crippen molar-refractivity contribution in [1.29, 1.82) is 0 Å². The molecule has 0 bridgehead atoms. The predicted octanol–water partition coefficient (Wildman–Crippen LogP) is 1.05. The summed E-state index contributed by atoms with van der Waals surface area (Å²) in [6.45, 7) is 4.69. The van der Waals surface area contributed by atoms with Crippen molar-refractivity contribution in [3.05, 3.63) is 17.5 Å². The Morgan fingerprint density at radius 1 is 1.71 bits per heavy atom. The zero-order valence-electron chi connectivity index (χ0n) is 10.4. The van der Waals surface area contributed by atoms with E-state index in [4.69, 9.17) is 4.52 Å². The molecule has 94 valence electrons. The van der Waals surface area contributed by atoms with Crippen molar-refractivity contribution in [2.24, 2.45) is 5.92 Å². The lowest BCUT2D eigenvalue weighted by Gasteiger charge is -2.27. The summed E-state index contributed by atoms with van der Waals surface area (Å²) in [5.74, 6) is 0.822. The molecule has 1 aromatic rings. The molecule has 1 unspecified atom stereocenters. The van der Waals surface area contributed by atoms with Gasteiger partial charge in [0.25, 0.3) is 5.91 Å². The third-order valence-corrected chi connectivity index (χ3v) is 3.22. The van der Waals surface area contributed by atoms with Gasteiger partial charge in [0, 0.05) is 19.2 Å². The number of carbonyl (C=O) groups is 1. The van der Waals surface area contributed by atoms with Crippen LogP contribution < -0.4 is 5.32 Å². The van der Waals surface area contributed by atoms with Gasteiger partial charge in [0.05, 0.1) is 6.20 Å². The Hall–Kier alpha value is -1.36. The fourth-order valence-corrected chi connectivity index (χ4v) is 2.22. The monoisotopic (exact) mass is 237 g/mol. The number of aryl methyl sites for hydroxylation is 1. The van der Waals surface area contributed by atoms with Crippen LogP contribution in [-0.2, 0) is 0 Å². The van der Waals surface area contributed by atoms with Gasteiger partial charge in [-0.05, 0) is 38.8 Å². The average Bonchev–Trinajstić information content (AvgIpc) is 2.76. The summed E-state index contributed by atoms with van der Waals surface area (Å²) < 4.78 is 4.98. The van der Waals surface area contributed by atoms with E-state index in [0.717, 1.165) is 25.2 Å². The second-order valence-electron chi connectivity index (χ2n) is 4.74. The molecule has 1 amide bonds. The van der Waals surface area contributed by atoms with Crippen LogP contribution in [0.1, 0.15) is 29.0 Å². The summed E-state index contributed by atoms with van der Waals surface area (Å²) in [4.78, 5) is 13.8. The first-order valence-electron chi connectivity index (χ1n) is 6.06. The van der Waals surface area contributed by atoms with Gasteiger partial charge in [-0.1, -0.05) is 5.16 Å². The minimum atomic E-state index is -0.0782. The average molecular weight is 237 g/mol. The van der Waals surface area contributed by atoms with E-state index in [1.54, 1.807) is 11.1 Å². The van der Waals surface area contributed by atoms with E-state index < -0.39 is 0 Å². The van der Waals surface area contributed by atoms with E-state index in [1.165, 1.54) is 12.8 Å².